The molecular formula is C16H29N3S. The Labute approximate surface area is 127 Å². The number of nitrogens with zero attached hydrogens (tertiary/aromatic N) is 2. The topological polar surface area (TPSA) is 28.2 Å². The molecular weight excluding hydrogens is 266 g/mol. The first-order chi connectivity index (χ1) is 9.44. The summed E-state index contributed by atoms with van der Waals surface area (Å²) in [6.07, 6.45) is 3.84. The van der Waals surface area contributed by atoms with Gasteiger partial charge in [-0.05, 0) is 72.5 Å². The summed E-state index contributed by atoms with van der Waals surface area (Å²) < 4.78 is 0. The van der Waals surface area contributed by atoms with E-state index in [0.717, 1.165) is 5.92 Å². The van der Waals surface area contributed by atoms with Crippen LogP contribution in [0.2, 0.25) is 0 Å². The molecule has 1 aliphatic rings. The van der Waals surface area contributed by atoms with E-state index < -0.39 is 0 Å². The number of rotatable bonds is 5. The first-order valence-corrected chi connectivity index (χ1v) is 8.68. The van der Waals surface area contributed by atoms with Crippen LogP contribution in [0.3, 0.4) is 0 Å². The number of aryl methyl sites for hydroxylation is 1. The summed E-state index contributed by atoms with van der Waals surface area (Å²) in [5.74, 6) is 0.857. The van der Waals surface area contributed by atoms with Gasteiger partial charge in [0.2, 0.25) is 0 Å². The minimum atomic E-state index is 0.251. The van der Waals surface area contributed by atoms with Crippen molar-refractivity contribution in [1.29, 1.82) is 0 Å². The van der Waals surface area contributed by atoms with Gasteiger partial charge in [-0.2, -0.15) is 0 Å². The Balaban J connectivity index is 1.65. The van der Waals surface area contributed by atoms with Crippen LogP contribution in [0.15, 0.2) is 5.51 Å². The molecule has 1 fully saturated rings. The van der Waals surface area contributed by atoms with Crippen LogP contribution >= 0.6 is 11.3 Å². The van der Waals surface area contributed by atoms with Gasteiger partial charge in [0.1, 0.15) is 0 Å². The van der Waals surface area contributed by atoms with Crippen molar-refractivity contribution in [2.24, 2.45) is 5.92 Å². The van der Waals surface area contributed by atoms with Crippen molar-refractivity contribution in [2.75, 3.05) is 26.2 Å². The number of thiazole rings is 1. The Bertz CT molecular complexity index is 400. The van der Waals surface area contributed by atoms with E-state index in [2.05, 4.69) is 42.9 Å². The summed E-state index contributed by atoms with van der Waals surface area (Å²) in [7, 11) is 0. The predicted octanol–water partition coefficient (Wildman–Crippen LogP) is 3.09. The van der Waals surface area contributed by atoms with E-state index >= 15 is 0 Å². The molecule has 0 aromatic carbocycles. The predicted molar refractivity (Wildman–Crippen MR) is 87.5 cm³/mol. The van der Waals surface area contributed by atoms with Crippen LogP contribution in [0.4, 0.5) is 0 Å². The van der Waals surface area contributed by atoms with Crippen molar-refractivity contribution in [3.05, 3.63) is 16.1 Å². The molecule has 0 atom stereocenters. The number of likely N-dealkylation sites (tertiary alicyclic amines) is 1. The van der Waals surface area contributed by atoms with Crippen LogP contribution < -0.4 is 5.32 Å². The maximum atomic E-state index is 4.33. The highest BCUT2D eigenvalue weighted by Crippen LogP contribution is 2.19. The summed E-state index contributed by atoms with van der Waals surface area (Å²) in [5, 5.41) is 3.64. The first-order valence-electron chi connectivity index (χ1n) is 7.80. The number of nitrogens with one attached hydrogen (secondary N) is 1. The van der Waals surface area contributed by atoms with Crippen molar-refractivity contribution in [3.63, 3.8) is 0 Å². The number of aromatic nitrogens is 1. The molecule has 2 rings (SSSR count). The molecule has 0 radical (unpaired) electrons. The molecule has 1 aliphatic heterocycles. The van der Waals surface area contributed by atoms with Gasteiger partial charge in [0, 0.05) is 17.0 Å². The van der Waals surface area contributed by atoms with Crippen molar-refractivity contribution in [1.82, 2.24) is 15.2 Å². The van der Waals surface area contributed by atoms with Gasteiger partial charge in [-0.3, -0.25) is 0 Å². The summed E-state index contributed by atoms with van der Waals surface area (Å²) in [5.41, 5.74) is 3.44. The molecule has 3 nitrogen and oxygen atoms in total. The molecule has 2 heterocycles. The molecule has 0 unspecified atom stereocenters. The Hall–Kier alpha value is -0.450. The maximum Gasteiger partial charge on any atom is 0.0797 e. The third-order valence-electron chi connectivity index (χ3n) is 4.13. The van der Waals surface area contributed by atoms with Gasteiger partial charge in [0.05, 0.1) is 11.2 Å². The highest BCUT2D eigenvalue weighted by Gasteiger charge is 2.20. The summed E-state index contributed by atoms with van der Waals surface area (Å²) >= 11 is 1.80. The zero-order chi connectivity index (χ0) is 14.6. The lowest BCUT2D eigenvalue weighted by Gasteiger charge is -2.33. The highest BCUT2D eigenvalue weighted by molar-refractivity contribution is 7.09. The Morgan fingerprint density at radius 3 is 2.60 bits per heavy atom. The molecule has 0 amide bonds. The molecule has 20 heavy (non-hydrogen) atoms. The van der Waals surface area contributed by atoms with Crippen LogP contribution in [0.25, 0.3) is 0 Å². The molecule has 0 aliphatic carbocycles. The molecule has 0 bridgehead atoms. The maximum absolute atomic E-state index is 4.33. The van der Waals surface area contributed by atoms with Crippen LogP contribution in [0, 0.1) is 12.8 Å². The van der Waals surface area contributed by atoms with Gasteiger partial charge in [-0.1, -0.05) is 0 Å². The molecule has 0 spiro atoms. The van der Waals surface area contributed by atoms with Crippen LogP contribution in [0.1, 0.15) is 44.2 Å². The number of piperidine rings is 1. The molecule has 1 aromatic rings. The fraction of sp³-hybridized carbons (Fsp3) is 0.812. The van der Waals surface area contributed by atoms with Gasteiger partial charge in [-0.25, -0.2) is 4.98 Å². The Morgan fingerprint density at radius 2 is 2.05 bits per heavy atom. The quantitative estimate of drug-likeness (QED) is 0.905. The van der Waals surface area contributed by atoms with Crippen molar-refractivity contribution >= 4 is 11.3 Å². The number of hydrogen-bond acceptors (Lipinski definition) is 4. The van der Waals surface area contributed by atoms with E-state index in [4.69, 9.17) is 0 Å². The van der Waals surface area contributed by atoms with E-state index in [1.54, 1.807) is 11.3 Å². The first kappa shape index (κ1) is 15.9. The van der Waals surface area contributed by atoms with Crippen molar-refractivity contribution in [2.45, 2.75) is 52.5 Å². The average molecular weight is 295 g/mol. The van der Waals surface area contributed by atoms with Crippen LogP contribution in [-0.2, 0) is 6.42 Å². The summed E-state index contributed by atoms with van der Waals surface area (Å²) in [6, 6.07) is 0. The lowest BCUT2D eigenvalue weighted by atomic mass is 9.95. The van der Waals surface area contributed by atoms with Gasteiger partial charge in [-0.15, -0.1) is 11.3 Å². The monoisotopic (exact) mass is 295 g/mol. The van der Waals surface area contributed by atoms with E-state index in [1.165, 1.54) is 56.0 Å². The molecule has 1 N–H and O–H groups in total. The molecule has 1 saturated heterocycles. The minimum Gasteiger partial charge on any atom is -0.312 e. The van der Waals surface area contributed by atoms with Crippen molar-refractivity contribution in [3.8, 4) is 0 Å². The van der Waals surface area contributed by atoms with Crippen LogP contribution in [0.5, 0.6) is 0 Å². The Kier molecular flexibility index (Phi) is 5.58. The molecule has 4 heteroatoms. The van der Waals surface area contributed by atoms with E-state index in [-0.39, 0.29) is 5.54 Å². The zero-order valence-electron chi connectivity index (χ0n) is 13.4. The number of hydrogen-bond donors (Lipinski definition) is 1. The molecule has 114 valence electrons. The van der Waals surface area contributed by atoms with E-state index in [1.807, 2.05) is 5.51 Å². The smallest absolute Gasteiger partial charge is 0.0797 e. The highest BCUT2D eigenvalue weighted by atomic mass is 32.1. The second kappa shape index (κ2) is 7.01. The standard InChI is InChI=1S/C16H29N3S/c1-13-15(20-12-17-13)7-10-19-8-5-14(6-9-19)11-18-16(2,3)4/h12,14,18H,5-11H2,1-4H3. The lowest BCUT2D eigenvalue weighted by molar-refractivity contribution is 0.178. The second-order valence-electron chi connectivity index (χ2n) is 7.03. The lowest BCUT2D eigenvalue weighted by Crippen LogP contribution is -2.43. The van der Waals surface area contributed by atoms with Crippen molar-refractivity contribution < 1.29 is 0 Å². The summed E-state index contributed by atoms with van der Waals surface area (Å²) in [4.78, 5) is 8.41. The summed E-state index contributed by atoms with van der Waals surface area (Å²) in [6.45, 7) is 13.8. The van der Waals surface area contributed by atoms with Gasteiger partial charge in [0.25, 0.3) is 0 Å². The van der Waals surface area contributed by atoms with Crippen LogP contribution in [-0.4, -0.2) is 41.6 Å². The molecule has 1 aromatic heterocycles. The largest absolute Gasteiger partial charge is 0.312 e. The normalized spacial score (nSPS) is 18.6. The SMILES string of the molecule is Cc1ncsc1CCN1CCC(CNC(C)(C)C)CC1. The average Bonchev–Trinajstić information content (AvgIpc) is 2.80. The minimum absolute atomic E-state index is 0.251. The second-order valence-corrected chi connectivity index (χ2v) is 7.97. The van der Waals surface area contributed by atoms with Gasteiger partial charge in [0.15, 0.2) is 0 Å². The fourth-order valence-corrected chi connectivity index (χ4v) is 3.46. The third kappa shape index (κ3) is 5.15. The van der Waals surface area contributed by atoms with Gasteiger partial charge < -0.3 is 10.2 Å². The molecule has 0 saturated carbocycles. The van der Waals surface area contributed by atoms with E-state index in [9.17, 15) is 0 Å². The Morgan fingerprint density at radius 1 is 1.35 bits per heavy atom. The third-order valence-corrected chi connectivity index (χ3v) is 5.12. The van der Waals surface area contributed by atoms with Gasteiger partial charge >= 0.3 is 0 Å². The zero-order valence-corrected chi connectivity index (χ0v) is 14.2. The van der Waals surface area contributed by atoms with E-state index in [0.29, 0.717) is 0 Å². The fourth-order valence-electron chi connectivity index (χ4n) is 2.69.